The molecule has 1 saturated heterocycles. The van der Waals surface area contributed by atoms with Crippen LogP contribution in [0.1, 0.15) is 15.9 Å². The molecule has 4 nitrogen and oxygen atoms in total. The first kappa shape index (κ1) is 18.0. The molecule has 0 aliphatic carbocycles. The van der Waals surface area contributed by atoms with Crippen molar-refractivity contribution in [2.24, 2.45) is 0 Å². The van der Waals surface area contributed by atoms with Crippen LogP contribution in [0.3, 0.4) is 0 Å². The van der Waals surface area contributed by atoms with Crippen LogP contribution in [0.25, 0.3) is 0 Å². The SMILES string of the molecule is O=C(c1ccccc1I)N1CCN(c2ccc(C(F)(F)F)cn2)CC1. The summed E-state index contributed by atoms with van der Waals surface area (Å²) in [5, 5.41) is 0. The van der Waals surface area contributed by atoms with E-state index in [2.05, 4.69) is 27.6 Å². The maximum Gasteiger partial charge on any atom is 0.417 e. The van der Waals surface area contributed by atoms with E-state index in [0.717, 1.165) is 15.8 Å². The van der Waals surface area contributed by atoms with Crippen LogP contribution in [0, 0.1) is 3.57 Å². The molecule has 132 valence electrons. The molecule has 0 unspecified atom stereocenters. The van der Waals surface area contributed by atoms with Crippen LogP contribution in [-0.4, -0.2) is 42.0 Å². The number of alkyl halides is 3. The van der Waals surface area contributed by atoms with Crippen molar-refractivity contribution in [2.75, 3.05) is 31.1 Å². The summed E-state index contributed by atoms with van der Waals surface area (Å²) in [5.41, 5.74) is -0.0899. The highest BCUT2D eigenvalue weighted by atomic mass is 127. The third-order valence-electron chi connectivity index (χ3n) is 4.07. The first-order chi connectivity index (χ1) is 11.9. The van der Waals surface area contributed by atoms with E-state index in [9.17, 15) is 18.0 Å². The highest BCUT2D eigenvalue weighted by molar-refractivity contribution is 14.1. The van der Waals surface area contributed by atoms with Gasteiger partial charge in [0.15, 0.2) is 0 Å². The smallest absolute Gasteiger partial charge is 0.353 e. The number of anilines is 1. The summed E-state index contributed by atoms with van der Waals surface area (Å²) in [5.74, 6) is 0.472. The molecule has 0 bridgehead atoms. The van der Waals surface area contributed by atoms with Crippen LogP contribution in [0.5, 0.6) is 0 Å². The van der Waals surface area contributed by atoms with Crippen LogP contribution in [0.4, 0.5) is 19.0 Å². The second kappa shape index (κ2) is 7.19. The number of hydrogen-bond donors (Lipinski definition) is 0. The molecular weight excluding hydrogens is 446 g/mol. The second-order valence-corrected chi connectivity index (χ2v) is 6.82. The lowest BCUT2D eigenvalue weighted by molar-refractivity contribution is -0.137. The number of benzene rings is 1. The Labute approximate surface area is 156 Å². The number of hydrogen-bond acceptors (Lipinski definition) is 3. The fourth-order valence-corrected chi connectivity index (χ4v) is 3.30. The van der Waals surface area contributed by atoms with E-state index in [1.165, 1.54) is 6.07 Å². The Bertz CT molecular complexity index is 756. The molecule has 1 fully saturated rings. The molecule has 3 rings (SSSR count). The van der Waals surface area contributed by atoms with Crippen molar-refractivity contribution in [2.45, 2.75) is 6.18 Å². The van der Waals surface area contributed by atoms with Crippen molar-refractivity contribution in [3.05, 3.63) is 57.3 Å². The van der Waals surface area contributed by atoms with Gasteiger partial charge in [0.05, 0.1) is 11.1 Å². The van der Waals surface area contributed by atoms with Gasteiger partial charge < -0.3 is 9.80 Å². The summed E-state index contributed by atoms with van der Waals surface area (Å²) in [7, 11) is 0. The summed E-state index contributed by atoms with van der Waals surface area (Å²) < 4.78 is 38.7. The van der Waals surface area contributed by atoms with Crippen molar-refractivity contribution in [3.63, 3.8) is 0 Å². The number of rotatable bonds is 2. The third-order valence-corrected chi connectivity index (χ3v) is 5.01. The summed E-state index contributed by atoms with van der Waals surface area (Å²) >= 11 is 2.13. The first-order valence-corrected chi connectivity index (χ1v) is 8.76. The van der Waals surface area contributed by atoms with Crippen molar-refractivity contribution in [1.29, 1.82) is 0 Å². The average Bonchev–Trinajstić information content (AvgIpc) is 2.61. The van der Waals surface area contributed by atoms with Crippen LogP contribution in [-0.2, 0) is 6.18 Å². The molecule has 8 heteroatoms. The molecule has 25 heavy (non-hydrogen) atoms. The molecular formula is C17H15F3IN3O. The Morgan fingerprint density at radius 1 is 1.04 bits per heavy atom. The molecule has 1 aliphatic heterocycles. The Morgan fingerprint density at radius 3 is 2.28 bits per heavy atom. The van der Waals surface area contributed by atoms with Crippen LogP contribution in [0.15, 0.2) is 42.6 Å². The molecule has 1 amide bonds. The van der Waals surface area contributed by atoms with Gasteiger partial charge in [0.1, 0.15) is 5.82 Å². The van der Waals surface area contributed by atoms with Crippen LogP contribution < -0.4 is 4.90 Å². The fraction of sp³-hybridized carbons (Fsp3) is 0.294. The van der Waals surface area contributed by atoms with Crippen LogP contribution >= 0.6 is 22.6 Å². The lowest BCUT2D eigenvalue weighted by Crippen LogP contribution is -2.49. The fourth-order valence-electron chi connectivity index (χ4n) is 2.68. The number of piperazine rings is 1. The number of pyridine rings is 1. The van der Waals surface area contributed by atoms with Crippen molar-refractivity contribution < 1.29 is 18.0 Å². The lowest BCUT2D eigenvalue weighted by atomic mass is 10.2. The van der Waals surface area contributed by atoms with E-state index in [1.54, 1.807) is 11.0 Å². The average molecular weight is 461 g/mol. The molecule has 2 heterocycles. The van der Waals surface area contributed by atoms with Gasteiger partial charge in [0.25, 0.3) is 5.91 Å². The maximum atomic E-state index is 12.6. The van der Waals surface area contributed by atoms with Crippen molar-refractivity contribution >= 4 is 34.3 Å². The number of halogens is 4. The number of carbonyl (C=O) groups excluding carboxylic acids is 1. The van der Waals surface area contributed by atoms with Gasteiger partial charge in [-0.25, -0.2) is 4.98 Å². The Balaban J connectivity index is 1.64. The number of aromatic nitrogens is 1. The van der Waals surface area contributed by atoms with E-state index in [0.29, 0.717) is 37.6 Å². The molecule has 0 spiro atoms. The quantitative estimate of drug-likeness (QED) is 0.641. The van der Waals surface area contributed by atoms with Gasteiger partial charge in [0, 0.05) is 35.9 Å². The standard InChI is InChI=1S/C17H15F3IN3O/c18-17(19,20)12-5-6-15(22-11-12)23-7-9-24(10-8-23)16(25)13-3-1-2-4-14(13)21/h1-6,11H,7-10H2. The summed E-state index contributed by atoms with van der Waals surface area (Å²) in [4.78, 5) is 20.1. The lowest BCUT2D eigenvalue weighted by Gasteiger charge is -2.35. The molecule has 0 radical (unpaired) electrons. The normalized spacial score (nSPS) is 15.4. The minimum atomic E-state index is -4.39. The van der Waals surface area contributed by atoms with Gasteiger partial charge in [-0.15, -0.1) is 0 Å². The van der Waals surface area contributed by atoms with Gasteiger partial charge in [-0.05, 0) is 46.9 Å². The summed E-state index contributed by atoms with van der Waals surface area (Å²) in [6, 6.07) is 9.81. The minimum Gasteiger partial charge on any atom is -0.353 e. The van der Waals surface area contributed by atoms with E-state index in [1.807, 2.05) is 23.1 Å². The zero-order valence-electron chi connectivity index (χ0n) is 13.1. The number of amides is 1. The van der Waals surface area contributed by atoms with Gasteiger partial charge in [-0.3, -0.25) is 4.79 Å². The highest BCUT2D eigenvalue weighted by Crippen LogP contribution is 2.29. The molecule has 0 saturated carbocycles. The second-order valence-electron chi connectivity index (χ2n) is 5.66. The van der Waals surface area contributed by atoms with E-state index in [-0.39, 0.29) is 5.91 Å². The van der Waals surface area contributed by atoms with Crippen LogP contribution in [0.2, 0.25) is 0 Å². The molecule has 1 aromatic heterocycles. The van der Waals surface area contributed by atoms with Crippen molar-refractivity contribution in [3.8, 4) is 0 Å². The molecule has 1 aliphatic rings. The first-order valence-electron chi connectivity index (χ1n) is 7.68. The molecule has 0 atom stereocenters. The number of carbonyl (C=O) groups is 1. The Kier molecular flexibility index (Phi) is 5.16. The highest BCUT2D eigenvalue weighted by Gasteiger charge is 2.31. The van der Waals surface area contributed by atoms with Gasteiger partial charge in [0.2, 0.25) is 0 Å². The zero-order chi connectivity index (χ0) is 18.0. The predicted molar refractivity (Wildman–Crippen MR) is 96.5 cm³/mol. The van der Waals surface area contributed by atoms with Gasteiger partial charge in [-0.1, -0.05) is 12.1 Å². The summed E-state index contributed by atoms with van der Waals surface area (Å²) in [6.45, 7) is 2.08. The summed E-state index contributed by atoms with van der Waals surface area (Å²) in [6.07, 6.45) is -3.54. The zero-order valence-corrected chi connectivity index (χ0v) is 15.3. The molecule has 0 N–H and O–H groups in total. The molecule has 2 aromatic rings. The van der Waals surface area contributed by atoms with E-state index in [4.69, 9.17) is 0 Å². The Hall–Kier alpha value is -1.84. The largest absolute Gasteiger partial charge is 0.417 e. The predicted octanol–water partition coefficient (Wildman–Crippen LogP) is 3.67. The maximum absolute atomic E-state index is 12.6. The minimum absolute atomic E-state index is 0.0231. The number of nitrogens with zero attached hydrogens (tertiary/aromatic N) is 3. The van der Waals surface area contributed by atoms with Crippen molar-refractivity contribution in [1.82, 2.24) is 9.88 Å². The monoisotopic (exact) mass is 461 g/mol. The molecule has 1 aromatic carbocycles. The van der Waals surface area contributed by atoms with E-state index < -0.39 is 11.7 Å². The third kappa shape index (κ3) is 4.05. The van der Waals surface area contributed by atoms with Gasteiger partial charge in [-0.2, -0.15) is 13.2 Å². The van der Waals surface area contributed by atoms with Gasteiger partial charge >= 0.3 is 6.18 Å². The Morgan fingerprint density at radius 2 is 1.72 bits per heavy atom. The van der Waals surface area contributed by atoms with E-state index >= 15 is 0 Å². The topological polar surface area (TPSA) is 36.4 Å².